The molecule has 2 rings (SSSR count). The van der Waals surface area contributed by atoms with E-state index < -0.39 is 27.9 Å². The molecule has 6 nitrogen and oxygen atoms in total. The maximum atomic E-state index is 12.7. The zero-order valence-electron chi connectivity index (χ0n) is 11.6. The summed E-state index contributed by atoms with van der Waals surface area (Å²) >= 11 is 3.22. The summed E-state index contributed by atoms with van der Waals surface area (Å²) in [5.74, 6) is -2.06. The van der Waals surface area contributed by atoms with Crippen LogP contribution in [0.3, 0.4) is 0 Å². The third-order valence-electron chi connectivity index (χ3n) is 3.31. The number of benzene rings is 1. The number of esters is 1. The maximum Gasteiger partial charge on any atom is 0.339 e. The van der Waals surface area contributed by atoms with Gasteiger partial charge in [0.25, 0.3) is 0 Å². The van der Waals surface area contributed by atoms with Gasteiger partial charge >= 0.3 is 16.2 Å². The number of methoxy groups -OCH3 is 1. The van der Waals surface area contributed by atoms with Crippen molar-refractivity contribution in [2.45, 2.75) is 6.42 Å². The van der Waals surface area contributed by atoms with Gasteiger partial charge in [-0.05, 0) is 34.1 Å². The summed E-state index contributed by atoms with van der Waals surface area (Å²) in [6.45, 7) is 0.117. The Morgan fingerprint density at radius 3 is 2.73 bits per heavy atom. The average Bonchev–Trinajstić information content (AvgIpc) is 2.76. The molecule has 120 valence electrons. The fourth-order valence-corrected chi connectivity index (χ4v) is 3.69. The molecule has 0 N–H and O–H groups in total. The Hall–Kier alpha value is -1.48. The number of carbonyl (C=O) groups is 2. The molecule has 1 heterocycles. The highest BCUT2D eigenvalue weighted by Gasteiger charge is 2.33. The van der Waals surface area contributed by atoms with Gasteiger partial charge < -0.3 is 9.64 Å². The topological polar surface area (TPSA) is 80.8 Å². The standard InChI is InChI=1S/C13H13BrFNO5S/c1-21-13(18)10-3-2-9(5-11(10)14)16-6-8(4-12(16)17)7-22(15,19)20/h2-3,5,8H,4,6-7H2,1H3. The number of ether oxygens (including phenoxy) is 1. The number of amides is 1. The Bertz CT molecular complexity index is 721. The molecule has 22 heavy (non-hydrogen) atoms. The van der Waals surface area contributed by atoms with Gasteiger partial charge in [-0.25, -0.2) is 4.79 Å². The molecule has 1 atom stereocenters. The van der Waals surface area contributed by atoms with E-state index in [2.05, 4.69) is 20.7 Å². The van der Waals surface area contributed by atoms with Crippen LogP contribution in [0.1, 0.15) is 16.8 Å². The zero-order valence-corrected chi connectivity index (χ0v) is 14.0. The molecule has 9 heteroatoms. The molecular weight excluding hydrogens is 381 g/mol. The normalized spacial score (nSPS) is 18.6. The Balaban J connectivity index is 2.20. The first-order valence-corrected chi connectivity index (χ1v) is 8.66. The van der Waals surface area contributed by atoms with E-state index in [1.54, 1.807) is 12.1 Å². The second kappa shape index (κ2) is 6.33. The highest BCUT2D eigenvalue weighted by Crippen LogP contribution is 2.30. The quantitative estimate of drug-likeness (QED) is 0.576. The fraction of sp³-hybridized carbons (Fsp3) is 0.385. The molecule has 1 aliphatic rings. The lowest BCUT2D eigenvalue weighted by atomic mass is 10.1. The predicted molar refractivity (Wildman–Crippen MR) is 80.8 cm³/mol. The van der Waals surface area contributed by atoms with Crippen molar-refractivity contribution < 1.29 is 26.6 Å². The zero-order chi connectivity index (χ0) is 16.5. The molecule has 0 aromatic heterocycles. The van der Waals surface area contributed by atoms with Crippen LogP contribution in [0.25, 0.3) is 0 Å². The molecule has 0 spiro atoms. The van der Waals surface area contributed by atoms with Crippen LogP contribution in [-0.4, -0.2) is 39.7 Å². The van der Waals surface area contributed by atoms with Crippen LogP contribution in [0, 0.1) is 5.92 Å². The number of halogens is 2. The van der Waals surface area contributed by atoms with E-state index in [9.17, 15) is 21.9 Å². The van der Waals surface area contributed by atoms with Crippen LogP contribution in [-0.2, 0) is 19.8 Å². The molecule has 1 fully saturated rings. The summed E-state index contributed by atoms with van der Waals surface area (Å²) in [6.07, 6.45) is -0.0283. The first-order valence-electron chi connectivity index (χ1n) is 6.32. The summed E-state index contributed by atoms with van der Waals surface area (Å²) in [5, 5.41) is 0. The van der Waals surface area contributed by atoms with Crippen LogP contribution in [0.5, 0.6) is 0 Å². The van der Waals surface area contributed by atoms with Crippen molar-refractivity contribution in [1.82, 2.24) is 0 Å². The molecule has 0 aliphatic carbocycles. The van der Waals surface area contributed by atoms with Crippen LogP contribution in [0.4, 0.5) is 9.57 Å². The van der Waals surface area contributed by atoms with Crippen LogP contribution >= 0.6 is 15.9 Å². The first kappa shape index (κ1) is 16.9. The lowest BCUT2D eigenvalue weighted by Crippen LogP contribution is -2.25. The third-order valence-corrected chi connectivity index (χ3v) is 4.84. The number of rotatable bonds is 4. The minimum atomic E-state index is -4.62. The van der Waals surface area contributed by atoms with E-state index >= 15 is 0 Å². The summed E-state index contributed by atoms with van der Waals surface area (Å²) in [5.41, 5.74) is 0.809. The minimum absolute atomic E-state index is 0.0283. The Kier molecular flexibility index (Phi) is 4.86. The van der Waals surface area contributed by atoms with Gasteiger partial charge in [-0.3, -0.25) is 4.79 Å². The SMILES string of the molecule is COC(=O)c1ccc(N2CC(CS(=O)(=O)F)CC2=O)cc1Br. The van der Waals surface area contributed by atoms with E-state index in [0.717, 1.165) is 0 Å². The lowest BCUT2D eigenvalue weighted by Gasteiger charge is -2.17. The van der Waals surface area contributed by atoms with E-state index in [4.69, 9.17) is 0 Å². The number of hydrogen-bond acceptors (Lipinski definition) is 5. The van der Waals surface area contributed by atoms with Gasteiger partial charge in [0.2, 0.25) is 5.91 Å². The summed E-state index contributed by atoms with van der Waals surface area (Å²) in [7, 11) is -3.36. The molecule has 1 unspecified atom stereocenters. The van der Waals surface area contributed by atoms with Gasteiger partial charge in [-0.2, -0.15) is 8.42 Å². The van der Waals surface area contributed by atoms with Gasteiger partial charge in [-0.1, -0.05) is 0 Å². The second-order valence-electron chi connectivity index (χ2n) is 4.94. The Labute approximate surface area is 135 Å². The molecule has 0 bridgehead atoms. The molecule has 1 aromatic carbocycles. The summed E-state index contributed by atoms with van der Waals surface area (Å²) in [4.78, 5) is 24.8. The molecular formula is C13H13BrFNO5S. The molecule has 1 amide bonds. The van der Waals surface area contributed by atoms with Crippen molar-refractivity contribution in [3.8, 4) is 0 Å². The highest BCUT2D eigenvalue weighted by molar-refractivity contribution is 9.10. The van der Waals surface area contributed by atoms with Crippen LogP contribution < -0.4 is 4.90 Å². The molecule has 1 aromatic rings. The number of anilines is 1. The van der Waals surface area contributed by atoms with E-state index in [0.29, 0.717) is 15.7 Å². The summed E-state index contributed by atoms with van der Waals surface area (Å²) in [6, 6.07) is 4.62. The largest absolute Gasteiger partial charge is 0.465 e. The van der Waals surface area contributed by atoms with Crippen molar-refractivity contribution in [2.75, 3.05) is 24.3 Å². The molecule has 1 aliphatic heterocycles. The molecule has 0 radical (unpaired) electrons. The number of carbonyl (C=O) groups excluding carboxylic acids is 2. The van der Waals surface area contributed by atoms with Crippen molar-refractivity contribution in [3.05, 3.63) is 28.2 Å². The fourth-order valence-electron chi connectivity index (χ4n) is 2.37. The highest BCUT2D eigenvalue weighted by atomic mass is 79.9. The van der Waals surface area contributed by atoms with Crippen LogP contribution in [0.15, 0.2) is 22.7 Å². The average molecular weight is 394 g/mol. The van der Waals surface area contributed by atoms with Crippen molar-refractivity contribution >= 4 is 43.7 Å². The van der Waals surface area contributed by atoms with Gasteiger partial charge in [-0.15, -0.1) is 3.89 Å². The third kappa shape index (κ3) is 3.83. The minimum Gasteiger partial charge on any atom is -0.465 e. The summed E-state index contributed by atoms with van der Waals surface area (Å²) < 4.78 is 39.2. The van der Waals surface area contributed by atoms with Crippen LogP contribution in [0.2, 0.25) is 0 Å². The van der Waals surface area contributed by atoms with Crippen molar-refractivity contribution in [3.63, 3.8) is 0 Å². The van der Waals surface area contributed by atoms with Crippen molar-refractivity contribution in [1.29, 1.82) is 0 Å². The first-order chi connectivity index (χ1) is 10.2. The lowest BCUT2D eigenvalue weighted by molar-refractivity contribution is -0.117. The van der Waals surface area contributed by atoms with Gasteiger partial charge in [0.1, 0.15) is 0 Å². The predicted octanol–water partition coefficient (Wildman–Crippen LogP) is 1.89. The second-order valence-corrected chi connectivity index (χ2v) is 7.20. The smallest absolute Gasteiger partial charge is 0.339 e. The maximum absolute atomic E-state index is 12.7. The van der Waals surface area contributed by atoms with E-state index in [1.807, 2.05) is 0 Å². The number of nitrogens with zero attached hydrogens (tertiary/aromatic N) is 1. The van der Waals surface area contributed by atoms with E-state index in [1.165, 1.54) is 18.1 Å². The van der Waals surface area contributed by atoms with Gasteiger partial charge in [0, 0.05) is 29.0 Å². The molecule has 0 saturated carbocycles. The van der Waals surface area contributed by atoms with Gasteiger partial charge in [0.05, 0.1) is 18.4 Å². The Morgan fingerprint density at radius 1 is 1.50 bits per heavy atom. The Morgan fingerprint density at radius 2 is 2.18 bits per heavy atom. The van der Waals surface area contributed by atoms with Gasteiger partial charge in [0.15, 0.2) is 0 Å². The van der Waals surface area contributed by atoms with E-state index in [-0.39, 0.29) is 18.9 Å². The number of hydrogen-bond donors (Lipinski definition) is 0. The molecule has 1 saturated heterocycles. The van der Waals surface area contributed by atoms with Crippen molar-refractivity contribution in [2.24, 2.45) is 5.92 Å². The monoisotopic (exact) mass is 393 g/mol.